The van der Waals surface area contributed by atoms with E-state index < -0.39 is 26.2 Å². The predicted molar refractivity (Wildman–Crippen MR) is 78.1 cm³/mol. The molecule has 0 unspecified atom stereocenters. The number of nitrogens with zero attached hydrogens (tertiary/aromatic N) is 1. The average molecular weight is 348 g/mol. The van der Waals surface area contributed by atoms with Crippen molar-refractivity contribution in [1.82, 2.24) is 8.43 Å². The quantitative estimate of drug-likeness (QED) is 0.794. The molecule has 1 aliphatic rings. The lowest BCUT2D eigenvalue weighted by atomic mass is 10.2. The van der Waals surface area contributed by atoms with Gasteiger partial charge in [0.15, 0.2) is 0 Å². The highest BCUT2D eigenvalue weighted by atomic mass is 32.3. The van der Waals surface area contributed by atoms with Gasteiger partial charge in [-0.3, -0.25) is 0 Å². The van der Waals surface area contributed by atoms with E-state index in [9.17, 15) is 21.6 Å². The maximum absolute atomic E-state index is 12.1. The van der Waals surface area contributed by atoms with Gasteiger partial charge in [0.1, 0.15) is 0 Å². The lowest BCUT2D eigenvalue weighted by Crippen LogP contribution is -2.45. The van der Waals surface area contributed by atoms with Crippen LogP contribution >= 0.6 is 0 Å². The highest BCUT2D eigenvalue weighted by Crippen LogP contribution is 2.16. The summed E-state index contributed by atoms with van der Waals surface area (Å²) in [6.07, 6.45) is 2.29. The Labute approximate surface area is 129 Å². The zero-order valence-corrected chi connectivity index (χ0v) is 13.2. The zero-order valence-electron chi connectivity index (χ0n) is 11.6. The molecule has 22 heavy (non-hydrogen) atoms. The van der Waals surface area contributed by atoms with E-state index in [2.05, 4.69) is 0 Å². The summed E-state index contributed by atoms with van der Waals surface area (Å²) in [6.45, 7) is 0.561. The SMILES string of the molecule is O=C(O)c1ccc(S(=O)(=O)NS(=O)(=O)N2CCCCC2)cc1. The van der Waals surface area contributed by atoms with E-state index in [1.165, 1.54) is 0 Å². The topological polar surface area (TPSA) is 121 Å². The van der Waals surface area contributed by atoms with Crippen molar-refractivity contribution in [3.63, 3.8) is 0 Å². The summed E-state index contributed by atoms with van der Waals surface area (Å²) >= 11 is 0. The third-order valence-electron chi connectivity index (χ3n) is 3.28. The van der Waals surface area contributed by atoms with Gasteiger partial charge in [-0.05, 0) is 37.1 Å². The number of nitrogens with one attached hydrogen (secondary N) is 1. The summed E-state index contributed by atoms with van der Waals surface area (Å²) in [5.74, 6) is -1.20. The van der Waals surface area contributed by atoms with Gasteiger partial charge in [-0.2, -0.15) is 12.7 Å². The molecule has 0 spiro atoms. The first-order valence-corrected chi connectivity index (χ1v) is 9.52. The summed E-state index contributed by atoms with van der Waals surface area (Å²) in [5, 5.41) is 8.77. The van der Waals surface area contributed by atoms with Crippen LogP contribution in [0.4, 0.5) is 0 Å². The first-order valence-electron chi connectivity index (χ1n) is 6.59. The minimum Gasteiger partial charge on any atom is -0.478 e. The first-order chi connectivity index (χ1) is 10.2. The number of carbonyl (C=O) groups is 1. The van der Waals surface area contributed by atoms with Gasteiger partial charge in [-0.25, -0.2) is 13.2 Å². The summed E-state index contributed by atoms with van der Waals surface area (Å²) in [6, 6.07) is 4.31. The molecule has 8 nitrogen and oxygen atoms in total. The molecule has 0 radical (unpaired) electrons. The van der Waals surface area contributed by atoms with Crippen LogP contribution in [0.3, 0.4) is 0 Å². The van der Waals surface area contributed by atoms with Crippen molar-refractivity contribution in [2.45, 2.75) is 24.2 Å². The van der Waals surface area contributed by atoms with E-state index >= 15 is 0 Å². The van der Waals surface area contributed by atoms with Gasteiger partial charge in [0.2, 0.25) is 0 Å². The summed E-state index contributed by atoms with van der Waals surface area (Å²) in [4.78, 5) is 10.4. The highest BCUT2D eigenvalue weighted by molar-refractivity contribution is 8.03. The second kappa shape index (κ2) is 6.32. The number of rotatable bonds is 5. The van der Waals surface area contributed by atoms with Crippen LogP contribution in [0, 0.1) is 0 Å². The Morgan fingerprint density at radius 1 is 1.00 bits per heavy atom. The van der Waals surface area contributed by atoms with E-state index in [1.54, 1.807) is 4.13 Å². The first kappa shape index (κ1) is 16.9. The maximum atomic E-state index is 12.1. The molecule has 0 saturated carbocycles. The second-order valence-corrected chi connectivity index (χ2v) is 8.49. The predicted octanol–water partition coefficient (Wildman–Crippen LogP) is 0.394. The van der Waals surface area contributed by atoms with Crippen molar-refractivity contribution >= 4 is 26.2 Å². The second-order valence-electron chi connectivity index (χ2n) is 4.88. The Morgan fingerprint density at radius 3 is 2.05 bits per heavy atom. The van der Waals surface area contributed by atoms with Crippen LogP contribution in [0.2, 0.25) is 0 Å². The van der Waals surface area contributed by atoms with Gasteiger partial charge in [-0.15, -0.1) is 0 Å². The molecule has 1 fully saturated rings. The largest absolute Gasteiger partial charge is 0.478 e. The Kier molecular flexibility index (Phi) is 4.85. The molecule has 0 aromatic heterocycles. The van der Waals surface area contributed by atoms with Gasteiger partial charge in [-0.1, -0.05) is 10.5 Å². The van der Waals surface area contributed by atoms with Crippen molar-refractivity contribution in [3.05, 3.63) is 29.8 Å². The molecule has 2 rings (SSSR count). The third kappa shape index (κ3) is 3.83. The zero-order chi connectivity index (χ0) is 16.4. The monoisotopic (exact) mass is 348 g/mol. The van der Waals surface area contributed by atoms with Crippen LogP contribution < -0.4 is 4.13 Å². The van der Waals surface area contributed by atoms with Crippen molar-refractivity contribution in [3.8, 4) is 0 Å². The van der Waals surface area contributed by atoms with E-state index in [1.807, 2.05) is 0 Å². The minimum absolute atomic E-state index is 0.0853. The number of piperidine rings is 1. The van der Waals surface area contributed by atoms with Crippen molar-refractivity contribution in [2.75, 3.05) is 13.1 Å². The number of benzene rings is 1. The number of sulfonamides is 1. The molecule has 2 N–H and O–H groups in total. The maximum Gasteiger partial charge on any atom is 0.335 e. The lowest BCUT2D eigenvalue weighted by molar-refractivity contribution is 0.0696. The summed E-state index contributed by atoms with van der Waals surface area (Å²) in [7, 11) is -8.42. The molecule has 1 aromatic carbocycles. The lowest BCUT2D eigenvalue weighted by Gasteiger charge is -2.25. The van der Waals surface area contributed by atoms with E-state index in [4.69, 9.17) is 5.11 Å². The number of hydrogen-bond acceptors (Lipinski definition) is 5. The molecule has 0 amide bonds. The standard InChI is InChI=1S/C12H16N2O6S2/c15-12(16)10-4-6-11(7-5-10)21(17,18)13-22(19,20)14-8-2-1-3-9-14/h4-7,13H,1-3,8-9H2,(H,15,16). The Hall–Kier alpha value is -1.49. The Balaban J connectivity index is 2.21. The number of carboxylic acid groups (broad SMARTS) is 1. The van der Waals surface area contributed by atoms with Crippen LogP contribution in [0.5, 0.6) is 0 Å². The van der Waals surface area contributed by atoms with Crippen molar-refractivity contribution in [1.29, 1.82) is 0 Å². The molecular formula is C12H16N2O6S2. The van der Waals surface area contributed by atoms with E-state index in [0.29, 0.717) is 12.8 Å². The average Bonchev–Trinajstić information content (AvgIpc) is 2.47. The smallest absolute Gasteiger partial charge is 0.335 e. The molecule has 10 heteroatoms. The molecule has 122 valence electrons. The van der Waals surface area contributed by atoms with Gasteiger partial charge in [0.25, 0.3) is 20.2 Å². The molecule has 1 saturated heterocycles. The molecular weight excluding hydrogens is 332 g/mol. The highest BCUT2D eigenvalue weighted by Gasteiger charge is 2.29. The fraction of sp³-hybridized carbons (Fsp3) is 0.417. The van der Waals surface area contributed by atoms with Crippen molar-refractivity contribution in [2.24, 2.45) is 0 Å². The molecule has 0 bridgehead atoms. The summed E-state index contributed by atoms with van der Waals surface area (Å²) < 4.78 is 51.2. The van der Waals surface area contributed by atoms with Crippen LogP contribution in [-0.4, -0.2) is 45.3 Å². The fourth-order valence-electron chi connectivity index (χ4n) is 2.12. The Bertz CT molecular complexity index is 749. The molecule has 1 aliphatic heterocycles. The Morgan fingerprint density at radius 2 is 1.55 bits per heavy atom. The third-order valence-corrected chi connectivity index (χ3v) is 6.94. The minimum atomic E-state index is -4.28. The summed E-state index contributed by atoms with van der Waals surface area (Å²) in [5.41, 5.74) is -0.0853. The van der Waals surface area contributed by atoms with Gasteiger partial charge in [0.05, 0.1) is 10.5 Å². The van der Waals surface area contributed by atoms with Gasteiger partial charge in [0, 0.05) is 13.1 Å². The normalized spacial score (nSPS) is 17.3. The van der Waals surface area contributed by atoms with Crippen LogP contribution in [-0.2, 0) is 20.2 Å². The molecule has 1 heterocycles. The van der Waals surface area contributed by atoms with E-state index in [-0.39, 0.29) is 23.5 Å². The molecule has 1 aromatic rings. The van der Waals surface area contributed by atoms with Crippen LogP contribution in [0.25, 0.3) is 0 Å². The van der Waals surface area contributed by atoms with Crippen LogP contribution in [0.1, 0.15) is 29.6 Å². The number of aromatic carboxylic acids is 1. The fourth-order valence-corrected chi connectivity index (χ4v) is 5.27. The molecule has 0 atom stereocenters. The van der Waals surface area contributed by atoms with Crippen LogP contribution in [0.15, 0.2) is 29.2 Å². The number of hydrogen-bond donors (Lipinski definition) is 2. The van der Waals surface area contributed by atoms with E-state index in [0.717, 1.165) is 35.0 Å². The van der Waals surface area contributed by atoms with Gasteiger partial charge >= 0.3 is 5.97 Å². The van der Waals surface area contributed by atoms with Gasteiger partial charge < -0.3 is 5.11 Å². The number of carboxylic acids is 1. The van der Waals surface area contributed by atoms with Crippen molar-refractivity contribution < 1.29 is 26.7 Å². The molecule has 0 aliphatic carbocycles.